The molecule has 4 heteroatoms. The smallest absolute Gasteiger partial charge is 0.123 e. The maximum Gasteiger partial charge on any atom is 0.123 e. The van der Waals surface area contributed by atoms with E-state index in [1.807, 2.05) is 0 Å². The van der Waals surface area contributed by atoms with Gasteiger partial charge < -0.3 is 4.98 Å². The Morgan fingerprint density at radius 3 is 2.92 bits per heavy atom. The number of hydrogen-bond donors (Lipinski definition) is 1. The first kappa shape index (κ1) is 8.26. The summed E-state index contributed by atoms with van der Waals surface area (Å²) in [6.07, 6.45) is 3.12. The topological polar surface area (TPSA) is 28.7 Å². The van der Waals surface area contributed by atoms with Gasteiger partial charge in [-0.2, -0.15) is 0 Å². The highest BCUT2D eigenvalue weighted by atomic mass is 35.5. The van der Waals surface area contributed by atoms with E-state index in [-0.39, 0.29) is 5.82 Å². The van der Waals surface area contributed by atoms with E-state index in [1.54, 1.807) is 6.20 Å². The van der Waals surface area contributed by atoms with Crippen LogP contribution in [0.5, 0.6) is 0 Å². The molecule has 1 heterocycles. The summed E-state index contributed by atoms with van der Waals surface area (Å²) in [5, 5.41) is 0.505. The van der Waals surface area contributed by atoms with Crippen LogP contribution < -0.4 is 0 Å². The highest BCUT2D eigenvalue weighted by molar-refractivity contribution is 6.33. The summed E-state index contributed by atoms with van der Waals surface area (Å²) in [7, 11) is 0. The molecular formula is C9H6ClFN2. The molecule has 0 aliphatic rings. The van der Waals surface area contributed by atoms with Crippen molar-refractivity contribution in [3.63, 3.8) is 0 Å². The number of benzene rings is 1. The van der Waals surface area contributed by atoms with Crippen molar-refractivity contribution in [2.45, 2.75) is 0 Å². The molecule has 0 radical (unpaired) electrons. The molecule has 0 saturated heterocycles. The number of aromatic amines is 1. The number of imidazole rings is 1. The van der Waals surface area contributed by atoms with Gasteiger partial charge in [-0.3, -0.25) is 0 Å². The number of nitrogens with one attached hydrogen (secondary N) is 1. The summed E-state index contributed by atoms with van der Waals surface area (Å²) in [6.45, 7) is 0. The van der Waals surface area contributed by atoms with Crippen LogP contribution in [0.1, 0.15) is 0 Å². The zero-order chi connectivity index (χ0) is 9.26. The van der Waals surface area contributed by atoms with E-state index < -0.39 is 0 Å². The minimum absolute atomic E-state index is 0.311. The maximum atomic E-state index is 12.8. The number of nitrogens with zero attached hydrogens (tertiary/aromatic N) is 1. The summed E-state index contributed by atoms with van der Waals surface area (Å²) in [5.41, 5.74) is 1.34. The molecule has 2 nitrogen and oxygen atoms in total. The lowest BCUT2D eigenvalue weighted by Gasteiger charge is -2.00. The third kappa shape index (κ3) is 1.55. The molecule has 0 unspecified atom stereocenters. The number of halogens is 2. The minimum atomic E-state index is -0.311. The van der Waals surface area contributed by atoms with E-state index in [2.05, 4.69) is 9.97 Å². The number of hydrogen-bond acceptors (Lipinski definition) is 1. The fourth-order valence-corrected chi connectivity index (χ4v) is 1.33. The number of aromatic nitrogens is 2. The molecule has 66 valence electrons. The molecule has 0 saturated carbocycles. The summed E-state index contributed by atoms with van der Waals surface area (Å²) < 4.78 is 12.8. The van der Waals surface area contributed by atoms with Gasteiger partial charge in [0.05, 0.1) is 23.2 Å². The van der Waals surface area contributed by atoms with Crippen molar-refractivity contribution in [1.29, 1.82) is 0 Å². The lowest BCUT2D eigenvalue weighted by molar-refractivity contribution is 0.628. The normalized spacial score (nSPS) is 10.3. The molecule has 0 amide bonds. The molecule has 0 bridgehead atoms. The van der Waals surface area contributed by atoms with Gasteiger partial charge in [0.15, 0.2) is 0 Å². The molecule has 1 N–H and O–H groups in total. The standard InChI is InChI=1S/C9H6ClFN2/c10-8-2-1-6(11)3-7(8)9-4-12-5-13-9/h1-5H,(H,12,13). The fraction of sp³-hybridized carbons (Fsp3) is 0. The first-order valence-corrected chi connectivity index (χ1v) is 4.09. The summed E-state index contributed by atoms with van der Waals surface area (Å²) in [5.74, 6) is -0.311. The lowest BCUT2D eigenvalue weighted by atomic mass is 10.2. The third-order valence-electron chi connectivity index (χ3n) is 1.72. The van der Waals surface area contributed by atoms with Crippen molar-refractivity contribution in [2.75, 3.05) is 0 Å². The van der Waals surface area contributed by atoms with Gasteiger partial charge in [-0.25, -0.2) is 9.37 Å². The van der Waals surface area contributed by atoms with E-state index in [0.29, 0.717) is 16.3 Å². The summed E-state index contributed by atoms with van der Waals surface area (Å²) in [4.78, 5) is 6.69. The molecule has 0 fully saturated rings. The molecule has 0 atom stereocenters. The molecule has 0 spiro atoms. The van der Waals surface area contributed by atoms with Gasteiger partial charge in [-0.1, -0.05) is 11.6 Å². The predicted molar refractivity (Wildman–Crippen MR) is 49.0 cm³/mol. The van der Waals surface area contributed by atoms with Gasteiger partial charge in [0.2, 0.25) is 0 Å². The Balaban J connectivity index is 2.57. The van der Waals surface area contributed by atoms with E-state index in [1.165, 1.54) is 24.5 Å². The van der Waals surface area contributed by atoms with Gasteiger partial charge in [0, 0.05) is 5.56 Å². The largest absolute Gasteiger partial charge is 0.345 e. The van der Waals surface area contributed by atoms with Crippen molar-refractivity contribution < 1.29 is 4.39 Å². The first-order valence-electron chi connectivity index (χ1n) is 3.71. The second-order valence-electron chi connectivity index (χ2n) is 2.59. The van der Waals surface area contributed by atoms with Crippen LogP contribution in [0.3, 0.4) is 0 Å². The van der Waals surface area contributed by atoms with Crippen LogP contribution in [0.4, 0.5) is 4.39 Å². The van der Waals surface area contributed by atoms with E-state index >= 15 is 0 Å². The van der Waals surface area contributed by atoms with Crippen molar-refractivity contribution in [1.82, 2.24) is 9.97 Å². The highest BCUT2D eigenvalue weighted by Crippen LogP contribution is 2.26. The average molecular weight is 197 g/mol. The number of H-pyrrole nitrogens is 1. The zero-order valence-corrected chi connectivity index (χ0v) is 7.35. The third-order valence-corrected chi connectivity index (χ3v) is 2.05. The van der Waals surface area contributed by atoms with E-state index in [9.17, 15) is 4.39 Å². The van der Waals surface area contributed by atoms with E-state index in [4.69, 9.17) is 11.6 Å². The van der Waals surface area contributed by atoms with Crippen molar-refractivity contribution in [3.05, 3.63) is 41.6 Å². The molecule has 1 aromatic heterocycles. The van der Waals surface area contributed by atoms with Gasteiger partial charge in [0.1, 0.15) is 5.82 Å². The quantitative estimate of drug-likeness (QED) is 0.747. The molecule has 2 aromatic rings. The Kier molecular flexibility index (Phi) is 2.02. The summed E-state index contributed by atoms with van der Waals surface area (Å²) >= 11 is 5.87. The Labute approximate surface area is 79.4 Å². The molecule has 1 aromatic carbocycles. The van der Waals surface area contributed by atoms with Crippen LogP contribution in [0, 0.1) is 5.82 Å². The average Bonchev–Trinajstić information content (AvgIpc) is 2.61. The number of rotatable bonds is 1. The van der Waals surface area contributed by atoms with Gasteiger partial charge in [-0.15, -0.1) is 0 Å². The van der Waals surface area contributed by atoms with Crippen LogP contribution >= 0.6 is 11.6 Å². The van der Waals surface area contributed by atoms with Crippen LogP contribution in [-0.2, 0) is 0 Å². The monoisotopic (exact) mass is 196 g/mol. The molecular weight excluding hydrogens is 191 g/mol. The Morgan fingerprint density at radius 2 is 2.23 bits per heavy atom. The van der Waals surface area contributed by atoms with Crippen LogP contribution in [-0.4, -0.2) is 9.97 Å². The van der Waals surface area contributed by atoms with Crippen LogP contribution in [0.25, 0.3) is 11.3 Å². The summed E-state index contributed by atoms with van der Waals surface area (Å²) in [6, 6.07) is 4.21. The van der Waals surface area contributed by atoms with Gasteiger partial charge >= 0.3 is 0 Å². The highest BCUT2D eigenvalue weighted by Gasteiger charge is 2.05. The van der Waals surface area contributed by atoms with Crippen LogP contribution in [0.15, 0.2) is 30.7 Å². The van der Waals surface area contributed by atoms with Crippen molar-refractivity contribution >= 4 is 11.6 Å². The molecule has 0 aliphatic carbocycles. The second kappa shape index (κ2) is 3.18. The zero-order valence-electron chi connectivity index (χ0n) is 6.59. The fourth-order valence-electron chi connectivity index (χ4n) is 1.11. The van der Waals surface area contributed by atoms with E-state index in [0.717, 1.165) is 0 Å². The molecule has 13 heavy (non-hydrogen) atoms. The van der Waals surface area contributed by atoms with Crippen molar-refractivity contribution in [3.8, 4) is 11.3 Å². The Morgan fingerprint density at radius 1 is 1.38 bits per heavy atom. The van der Waals surface area contributed by atoms with Crippen LogP contribution in [0.2, 0.25) is 5.02 Å². The Hall–Kier alpha value is -1.35. The predicted octanol–water partition coefficient (Wildman–Crippen LogP) is 2.87. The van der Waals surface area contributed by atoms with Crippen molar-refractivity contribution in [2.24, 2.45) is 0 Å². The van der Waals surface area contributed by atoms with Gasteiger partial charge in [0.25, 0.3) is 0 Å². The maximum absolute atomic E-state index is 12.8. The SMILES string of the molecule is Fc1ccc(Cl)c(-c2cnc[nH]2)c1. The second-order valence-corrected chi connectivity index (χ2v) is 3.00. The Bertz CT molecular complexity index is 412. The first-order chi connectivity index (χ1) is 6.27. The molecule has 2 rings (SSSR count). The molecule has 0 aliphatic heterocycles. The lowest BCUT2D eigenvalue weighted by Crippen LogP contribution is -1.81. The minimum Gasteiger partial charge on any atom is -0.345 e. The van der Waals surface area contributed by atoms with Gasteiger partial charge in [-0.05, 0) is 18.2 Å².